The molecular weight excluding hydrogens is 403 g/mol. The van der Waals surface area contributed by atoms with Crippen LogP contribution in [0.25, 0.3) is 0 Å². The number of carbonyl (C=O) groups is 1. The molecule has 2 fully saturated rings. The van der Waals surface area contributed by atoms with Crippen molar-refractivity contribution < 1.29 is 22.3 Å². The Morgan fingerprint density at radius 3 is 2.68 bits per heavy atom. The van der Waals surface area contributed by atoms with E-state index in [0.29, 0.717) is 22.2 Å². The van der Waals surface area contributed by atoms with Crippen LogP contribution < -0.4 is 9.64 Å². The van der Waals surface area contributed by atoms with Gasteiger partial charge in [-0.2, -0.15) is 4.99 Å². The van der Waals surface area contributed by atoms with Crippen molar-refractivity contribution in [1.29, 1.82) is 0 Å². The molecule has 2 atom stereocenters. The lowest BCUT2D eigenvalue weighted by Crippen LogP contribution is -2.37. The first-order valence-corrected chi connectivity index (χ1v) is 11.3. The standard InChI is InChI=1S/C19H17FN2O4S2/c1-26-15-4-2-3-12(9-15)18(23)21-19-22(14-7-5-13(20)6-8-14)16-10-28(24,25)11-17(16)27-19/h2-9,16-17H,10-11H2,1H3. The summed E-state index contributed by atoms with van der Waals surface area (Å²) >= 11 is 1.27. The van der Waals surface area contributed by atoms with Crippen molar-refractivity contribution in [2.24, 2.45) is 4.99 Å². The number of thioether (sulfide) groups is 1. The van der Waals surface area contributed by atoms with E-state index in [2.05, 4.69) is 4.99 Å². The quantitative estimate of drug-likeness (QED) is 0.760. The van der Waals surface area contributed by atoms with Gasteiger partial charge in [-0.15, -0.1) is 0 Å². The summed E-state index contributed by atoms with van der Waals surface area (Å²) in [6, 6.07) is 12.1. The summed E-state index contributed by atoms with van der Waals surface area (Å²) in [7, 11) is -1.65. The van der Waals surface area contributed by atoms with E-state index in [4.69, 9.17) is 4.74 Å². The topological polar surface area (TPSA) is 76.0 Å². The van der Waals surface area contributed by atoms with Crippen LogP contribution in [0.1, 0.15) is 10.4 Å². The Labute approximate surface area is 166 Å². The molecule has 2 aromatic carbocycles. The van der Waals surface area contributed by atoms with Gasteiger partial charge in [-0.05, 0) is 42.5 Å². The van der Waals surface area contributed by atoms with Crippen LogP contribution in [0.15, 0.2) is 53.5 Å². The number of anilines is 1. The highest BCUT2D eigenvalue weighted by molar-refractivity contribution is 8.16. The van der Waals surface area contributed by atoms with Crippen LogP contribution in [-0.4, -0.2) is 49.4 Å². The van der Waals surface area contributed by atoms with E-state index in [1.165, 1.54) is 31.0 Å². The number of rotatable bonds is 3. The summed E-state index contributed by atoms with van der Waals surface area (Å²) in [5, 5.41) is 0.205. The molecule has 0 spiro atoms. The second-order valence-electron chi connectivity index (χ2n) is 6.58. The molecule has 2 heterocycles. The molecule has 28 heavy (non-hydrogen) atoms. The van der Waals surface area contributed by atoms with Crippen molar-refractivity contribution in [2.75, 3.05) is 23.5 Å². The number of ether oxygens (including phenoxy) is 1. The smallest absolute Gasteiger partial charge is 0.279 e. The molecule has 9 heteroatoms. The average Bonchev–Trinajstić information content (AvgIpc) is 3.13. The second kappa shape index (κ2) is 7.21. The molecule has 0 aliphatic carbocycles. The molecule has 1 amide bonds. The highest BCUT2D eigenvalue weighted by atomic mass is 32.2. The summed E-state index contributed by atoms with van der Waals surface area (Å²) in [4.78, 5) is 18.7. The zero-order chi connectivity index (χ0) is 19.9. The maximum absolute atomic E-state index is 13.3. The van der Waals surface area contributed by atoms with E-state index in [1.54, 1.807) is 41.3 Å². The lowest BCUT2D eigenvalue weighted by molar-refractivity contribution is 0.100. The minimum Gasteiger partial charge on any atom is -0.497 e. The van der Waals surface area contributed by atoms with Crippen molar-refractivity contribution in [3.05, 3.63) is 59.9 Å². The molecule has 2 aliphatic rings. The number of methoxy groups -OCH3 is 1. The number of carbonyl (C=O) groups excluding carboxylic acids is 1. The van der Waals surface area contributed by atoms with Gasteiger partial charge in [0.25, 0.3) is 5.91 Å². The molecule has 4 rings (SSSR count). The lowest BCUT2D eigenvalue weighted by atomic mass is 10.2. The largest absolute Gasteiger partial charge is 0.497 e. The third-order valence-electron chi connectivity index (χ3n) is 4.69. The van der Waals surface area contributed by atoms with Gasteiger partial charge in [-0.3, -0.25) is 4.79 Å². The first kappa shape index (κ1) is 18.9. The van der Waals surface area contributed by atoms with E-state index < -0.39 is 21.6 Å². The van der Waals surface area contributed by atoms with Crippen LogP contribution in [0.3, 0.4) is 0 Å². The molecule has 0 aromatic heterocycles. The number of amidine groups is 1. The summed E-state index contributed by atoms with van der Waals surface area (Å²) in [5.41, 5.74) is 0.979. The number of amides is 1. The number of nitrogens with zero attached hydrogens (tertiary/aromatic N) is 2. The molecule has 0 saturated carbocycles. The van der Waals surface area contributed by atoms with Crippen LogP contribution in [0, 0.1) is 5.82 Å². The molecule has 2 saturated heterocycles. The van der Waals surface area contributed by atoms with Crippen molar-refractivity contribution >= 4 is 38.4 Å². The number of sulfone groups is 1. The van der Waals surface area contributed by atoms with Crippen LogP contribution >= 0.6 is 11.8 Å². The zero-order valence-corrected chi connectivity index (χ0v) is 16.5. The Bertz CT molecular complexity index is 1050. The Morgan fingerprint density at radius 2 is 1.96 bits per heavy atom. The monoisotopic (exact) mass is 420 g/mol. The third-order valence-corrected chi connectivity index (χ3v) is 7.89. The molecule has 146 valence electrons. The summed E-state index contributed by atoms with van der Waals surface area (Å²) in [5.74, 6) is -0.280. The molecule has 6 nitrogen and oxygen atoms in total. The van der Waals surface area contributed by atoms with Crippen LogP contribution in [0.2, 0.25) is 0 Å². The first-order chi connectivity index (χ1) is 13.4. The van der Waals surface area contributed by atoms with E-state index in [-0.39, 0.29) is 22.8 Å². The number of aliphatic imine (C=N–C) groups is 1. The van der Waals surface area contributed by atoms with Gasteiger partial charge in [-0.1, -0.05) is 17.8 Å². The molecule has 2 aromatic rings. The lowest BCUT2D eigenvalue weighted by Gasteiger charge is -2.24. The maximum atomic E-state index is 13.3. The minimum absolute atomic E-state index is 0.0194. The summed E-state index contributed by atoms with van der Waals surface area (Å²) in [6.07, 6.45) is 0. The Hall–Kier alpha value is -2.39. The number of fused-ring (bicyclic) bond motifs is 1. The Morgan fingerprint density at radius 1 is 1.21 bits per heavy atom. The molecule has 2 unspecified atom stereocenters. The van der Waals surface area contributed by atoms with Crippen LogP contribution in [-0.2, 0) is 9.84 Å². The highest BCUT2D eigenvalue weighted by Crippen LogP contribution is 2.41. The van der Waals surface area contributed by atoms with Gasteiger partial charge in [-0.25, -0.2) is 12.8 Å². The second-order valence-corrected chi connectivity index (χ2v) is 9.94. The van der Waals surface area contributed by atoms with Crippen molar-refractivity contribution in [3.8, 4) is 5.75 Å². The first-order valence-electron chi connectivity index (χ1n) is 8.55. The molecular formula is C19H17FN2O4S2. The zero-order valence-electron chi connectivity index (χ0n) is 14.9. The Kier molecular flexibility index (Phi) is 4.88. The Balaban J connectivity index is 1.71. The number of halogens is 1. The molecule has 0 radical (unpaired) electrons. The summed E-state index contributed by atoms with van der Waals surface area (Å²) < 4.78 is 42.6. The van der Waals surface area contributed by atoms with Gasteiger partial charge in [0.15, 0.2) is 15.0 Å². The van der Waals surface area contributed by atoms with Gasteiger partial charge >= 0.3 is 0 Å². The predicted octanol–water partition coefficient (Wildman–Crippen LogP) is 2.75. The SMILES string of the molecule is COc1cccc(C(=O)N=C2SC3CS(=O)(=O)CC3N2c2ccc(F)cc2)c1. The van der Waals surface area contributed by atoms with Crippen molar-refractivity contribution in [1.82, 2.24) is 0 Å². The third kappa shape index (κ3) is 3.64. The van der Waals surface area contributed by atoms with Crippen molar-refractivity contribution in [2.45, 2.75) is 11.3 Å². The van der Waals surface area contributed by atoms with Gasteiger partial charge in [0.05, 0.1) is 24.7 Å². The predicted molar refractivity (Wildman–Crippen MR) is 107 cm³/mol. The van der Waals surface area contributed by atoms with E-state index in [1.807, 2.05) is 0 Å². The minimum atomic E-state index is -3.16. The fourth-order valence-electron chi connectivity index (χ4n) is 3.38. The van der Waals surface area contributed by atoms with Gasteiger partial charge in [0.2, 0.25) is 0 Å². The average molecular weight is 420 g/mol. The van der Waals surface area contributed by atoms with Gasteiger partial charge in [0, 0.05) is 16.5 Å². The number of hydrogen-bond acceptors (Lipinski definition) is 5. The fourth-order valence-corrected chi connectivity index (χ4v) is 7.29. The normalized spacial score (nSPS) is 24.4. The molecule has 0 N–H and O–H groups in total. The van der Waals surface area contributed by atoms with Gasteiger partial charge in [0.1, 0.15) is 11.6 Å². The van der Waals surface area contributed by atoms with Crippen LogP contribution in [0.4, 0.5) is 10.1 Å². The maximum Gasteiger partial charge on any atom is 0.279 e. The van der Waals surface area contributed by atoms with Gasteiger partial charge < -0.3 is 9.64 Å². The fraction of sp³-hybridized carbons (Fsp3) is 0.263. The van der Waals surface area contributed by atoms with E-state index >= 15 is 0 Å². The molecule has 2 aliphatic heterocycles. The van der Waals surface area contributed by atoms with E-state index in [0.717, 1.165) is 0 Å². The number of benzene rings is 2. The number of hydrogen-bond donors (Lipinski definition) is 0. The van der Waals surface area contributed by atoms with Crippen LogP contribution in [0.5, 0.6) is 5.75 Å². The molecule has 0 bridgehead atoms. The van der Waals surface area contributed by atoms with E-state index in [9.17, 15) is 17.6 Å². The van der Waals surface area contributed by atoms with Crippen molar-refractivity contribution in [3.63, 3.8) is 0 Å². The highest BCUT2D eigenvalue weighted by Gasteiger charge is 2.49. The summed E-state index contributed by atoms with van der Waals surface area (Å²) in [6.45, 7) is 0.